The van der Waals surface area contributed by atoms with Gasteiger partial charge in [-0.15, -0.1) is 0 Å². The van der Waals surface area contributed by atoms with Crippen LogP contribution in [-0.4, -0.2) is 98.4 Å². The Morgan fingerprint density at radius 2 is 1.61 bits per heavy atom. The van der Waals surface area contributed by atoms with Gasteiger partial charge in [-0.3, -0.25) is 4.90 Å². The van der Waals surface area contributed by atoms with Crippen molar-refractivity contribution < 1.29 is 13.2 Å². The third-order valence-corrected chi connectivity index (χ3v) is 9.80. The SMILES string of the molecule is CCCS(=O)(=O)c1ccccc1Nc1ncnc(Nc2ccc(N3CCC(N4CCN(C)CC4)CC3)cc2OC)n1. The predicted molar refractivity (Wildman–Crippen MR) is 162 cm³/mol. The number of piperazine rings is 1. The van der Waals surface area contributed by atoms with Crippen LogP contribution in [0.2, 0.25) is 0 Å². The maximum Gasteiger partial charge on any atom is 0.232 e. The number of nitrogens with zero attached hydrogens (tertiary/aromatic N) is 6. The lowest BCUT2D eigenvalue weighted by Crippen LogP contribution is -2.52. The Balaban J connectivity index is 1.25. The second-order valence-electron chi connectivity index (χ2n) is 10.6. The Kier molecular flexibility index (Phi) is 9.21. The number of anilines is 5. The fraction of sp³-hybridized carbons (Fsp3) is 0.483. The van der Waals surface area contributed by atoms with Crippen molar-refractivity contribution in [3.63, 3.8) is 0 Å². The zero-order valence-corrected chi connectivity index (χ0v) is 24.9. The van der Waals surface area contributed by atoms with Gasteiger partial charge in [0.15, 0.2) is 9.84 Å². The third kappa shape index (κ3) is 7.06. The van der Waals surface area contributed by atoms with Crippen LogP contribution in [0.1, 0.15) is 26.2 Å². The molecule has 0 aliphatic carbocycles. The topological polar surface area (TPSA) is 116 Å². The van der Waals surface area contributed by atoms with Crippen molar-refractivity contribution in [2.24, 2.45) is 0 Å². The molecule has 0 atom stereocenters. The van der Waals surface area contributed by atoms with Crippen LogP contribution >= 0.6 is 0 Å². The number of hydrogen-bond donors (Lipinski definition) is 2. The van der Waals surface area contributed by atoms with Gasteiger partial charge in [0, 0.05) is 57.1 Å². The fourth-order valence-electron chi connectivity index (χ4n) is 5.53. The Hall–Kier alpha value is -3.48. The third-order valence-electron chi connectivity index (χ3n) is 7.83. The molecule has 0 bridgehead atoms. The highest BCUT2D eigenvalue weighted by Gasteiger charge is 2.27. The summed E-state index contributed by atoms with van der Waals surface area (Å²) in [5.41, 5.74) is 2.29. The highest BCUT2D eigenvalue weighted by atomic mass is 32.2. The summed E-state index contributed by atoms with van der Waals surface area (Å²) in [6.45, 7) is 8.51. The molecule has 5 rings (SSSR count). The Morgan fingerprint density at radius 1 is 0.927 bits per heavy atom. The van der Waals surface area contributed by atoms with E-state index in [1.807, 2.05) is 19.1 Å². The summed E-state index contributed by atoms with van der Waals surface area (Å²) in [6.07, 6.45) is 4.24. The zero-order chi connectivity index (χ0) is 28.8. The van der Waals surface area contributed by atoms with Gasteiger partial charge in [0.05, 0.1) is 29.1 Å². The molecule has 0 spiro atoms. The predicted octanol–water partition coefficient (Wildman–Crippen LogP) is 3.77. The number of para-hydroxylation sites is 1. The number of nitrogens with one attached hydrogen (secondary N) is 2. The maximum absolute atomic E-state index is 12.7. The summed E-state index contributed by atoms with van der Waals surface area (Å²) in [4.78, 5) is 20.6. The molecular weight excluding hydrogens is 540 g/mol. The molecular formula is C29H40N8O3S. The molecule has 12 heteroatoms. The number of sulfone groups is 1. The number of benzene rings is 2. The van der Waals surface area contributed by atoms with E-state index >= 15 is 0 Å². The quantitative estimate of drug-likeness (QED) is 0.365. The van der Waals surface area contributed by atoms with Crippen LogP contribution in [0, 0.1) is 0 Å². The van der Waals surface area contributed by atoms with Crippen molar-refractivity contribution in [2.45, 2.75) is 37.1 Å². The van der Waals surface area contributed by atoms with Crippen LogP contribution in [0.15, 0.2) is 53.7 Å². The Labute approximate surface area is 242 Å². The number of hydrogen-bond acceptors (Lipinski definition) is 11. The number of likely N-dealkylation sites (N-methyl/N-ethyl adjacent to an activating group) is 1. The van der Waals surface area contributed by atoms with Gasteiger partial charge in [0.1, 0.15) is 12.1 Å². The lowest BCUT2D eigenvalue weighted by atomic mass is 10.0. The van der Waals surface area contributed by atoms with Gasteiger partial charge in [-0.1, -0.05) is 19.1 Å². The highest BCUT2D eigenvalue weighted by Crippen LogP contribution is 2.33. The summed E-state index contributed by atoms with van der Waals surface area (Å²) in [7, 11) is 0.424. The second-order valence-corrected chi connectivity index (χ2v) is 12.7. The molecule has 2 aliphatic heterocycles. The molecule has 0 radical (unpaired) electrons. The van der Waals surface area contributed by atoms with Crippen LogP contribution < -0.4 is 20.3 Å². The minimum Gasteiger partial charge on any atom is -0.494 e. The lowest BCUT2D eigenvalue weighted by Gasteiger charge is -2.42. The smallest absolute Gasteiger partial charge is 0.232 e. The van der Waals surface area contributed by atoms with Crippen LogP contribution in [0.5, 0.6) is 5.75 Å². The van der Waals surface area contributed by atoms with Crippen LogP contribution in [-0.2, 0) is 9.84 Å². The molecule has 1 aromatic heterocycles. The van der Waals surface area contributed by atoms with Crippen LogP contribution in [0.25, 0.3) is 0 Å². The summed E-state index contributed by atoms with van der Waals surface area (Å²) in [5, 5.41) is 6.27. The highest BCUT2D eigenvalue weighted by molar-refractivity contribution is 7.91. The molecule has 3 aromatic rings. The van der Waals surface area contributed by atoms with Gasteiger partial charge in [0.2, 0.25) is 11.9 Å². The average molecular weight is 581 g/mol. The first-order valence-corrected chi connectivity index (χ1v) is 15.9. The van der Waals surface area contributed by atoms with E-state index in [4.69, 9.17) is 4.74 Å². The van der Waals surface area contributed by atoms with E-state index in [0.29, 0.717) is 29.8 Å². The fourth-order valence-corrected chi connectivity index (χ4v) is 7.03. The van der Waals surface area contributed by atoms with Gasteiger partial charge < -0.3 is 25.2 Å². The van der Waals surface area contributed by atoms with E-state index in [0.717, 1.165) is 63.5 Å². The van der Waals surface area contributed by atoms with Crippen molar-refractivity contribution in [1.29, 1.82) is 0 Å². The minimum absolute atomic E-state index is 0.0692. The van der Waals surface area contributed by atoms with Gasteiger partial charge in [-0.2, -0.15) is 4.98 Å². The van der Waals surface area contributed by atoms with Crippen molar-refractivity contribution in [3.05, 3.63) is 48.8 Å². The molecule has 0 unspecified atom stereocenters. The first-order chi connectivity index (χ1) is 19.9. The van der Waals surface area contributed by atoms with E-state index in [1.165, 1.54) is 6.33 Å². The maximum atomic E-state index is 12.7. The van der Waals surface area contributed by atoms with Gasteiger partial charge in [-0.05, 0) is 50.6 Å². The molecule has 2 fully saturated rings. The van der Waals surface area contributed by atoms with Crippen LogP contribution in [0.3, 0.4) is 0 Å². The van der Waals surface area contributed by atoms with Crippen molar-refractivity contribution in [3.8, 4) is 5.75 Å². The van der Waals surface area contributed by atoms with Crippen molar-refractivity contribution in [1.82, 2.24) is 24.8 Å². The molecule has 220 valence electrons. The van der Waals surface area contributed by atoms with E-state index < -0.39 is 9.84 Å². The Bertz CT molecular complexity index is 1420. The summed E-state index contributed by atoms with van der Waals surface area (Å²) in [5.74, 6) is 1.31. The average Bonchev–Trinajstić information content (AvgIpc) is 2.98. The van der Waals surface area contributed by atoms with Gasteiger partial charge >= 0.3 is 0 Å². The number of methoxy groups -OCH3 is 1. The van der Waals surface area contributed by atoms with E-state index in [2.05, 4.69) is 53.4 Å². The Morgan fingerprint density at radius 3 is 2.29 bits per heavy atom. The summed E-state index contributed by atoms with van der Waals surface area (Å²) in [6, 6.07) is 13.6. The normalized spacial score (nSPS) is 17.4. The molecule has 11 nitrogen and oxygen atoms in total. The van der Waals surface area contributed by atoms with Crippen molar-refractivity contribution in [2.75, 3.05) is 74.7 Å². The second kappa shape index (κ2) is 13.0. The number of ether oxygens (including phenoxy) is 1. The molecule has 0 amide bonds. The molecule has 2 aromatic carbocycles. The molecule has 2 aliphatic rings. The van der Waals surface area contributed by atoms with E-state index in [9.17, 15) is 8.42 Å². The van der Waals surface area contributed by atoms with E-state index in [-0.39, 0.29) is 16.6 Å². The van der Waals surface area contributed by atoms with Crippen molar-refractivity contribution >= 4 is 38.8 Å². The van der Waals surface area contributed by atoms with Gasteiger partial charge in [-0.25, -0.2) is 18.4 Å². The van der Waals surface area contributed by atoms with E-state index in [1.54, 1.807) is 31.4 Å². The zero-order valence-electron chi connectivity index (χ0n) is 24.1. The molecule has 3 heterocycles. The summed E-state index contributed by atoms with van der Waals surface area (Å²) < 4.78 is 31.2. The molecule has 2 N–H and O–H groups in total. The number of piperidine rings is 1. The summed E-state index contributed by atoms with van der Waals surface area (Å²) >= 11 is 0. The standard InChI is InChI=1S/C29H40N8O3S/c1-4-19-41(38,39)27-8-6-5-7-25(27)33-29-31-21-30-28(34-29)32-24-10-9-23(20-26(24)40-3)36-13-11-22(12-14-36)37-17-15-35(2)16-18-37/h5-10,20-22H,4,11-19H2,1-3H3,(H2,30,31,32,33,34). The number of rotatable bonds is 10. The molecule has 2 saturated heterocycles. The van der Waals surface area contributed by atoms with Crippen LogP contribution in [0.4, 0.5) is 29.0 Å². The number of aromatic nitrogens is 3. The van der Waals surface area contributed by atoms with Gasteiger partial charge in [0.25, 0.3) is 0 Å². The first kappa shape index (κ1) is 29.0. The first-order valence-electron chi connectivity index (χ1n) is 14.3. The molecule has 41 heavy (non-hydrogen) atoms. The monoisotopic (exact) mass is 580 g/mol. The lowest BCUT2D eigenvalue weighted by molar-refractivity contribution is 0.0982. The largest absolute Gasteiger partial charge is 0.494 e. The minimum atomic E-state index is -3.43. The molecule has 0 saturated carbocycles.